The van der Waals surface area contributed by atoms with Gasteiger partial charge >= 0.3 is 0 Å². The molecule has 0 radical (unpaired) electrons. The summed E-state index contributed by atoms with van der Waals surface area (Å²) in [5.41, 5.74) is 0.749. The Hall–Kier alpha value is -1.23. The van der Waals surface area contributed by atoms with Crippen LogP contribution in [-0.2, 0) is 19.6 Å². The molecule has 20 heavy (non-hydrogen) atoms. The summed E-state index contributed by atoms with van der Waals surface area (Å²) < 4.78 is 13.6. The van der Waals surface area contributed by atoms with Gasteiger partial charge in [-0.15, -0.1) is 11.3 Å². The highest BCUT2D eigenvalue weighted by Gasteiger charge is 2.07. The van der Waals surface area contributed by atoms with Crippen LogP contribution in [0.2, 0.25) is 0 Å². The van der Waals surface area contributed by atoms with Gasteiger partial charge < -0.3 is 5.32 Å². The van der Waals surface area contributed by atoms with Gasteiger partial charge in [0.1, 0.15) is 5.82 Å². The molecule has 0 spiro atoms. The zero-order chi connectivity index (χ0) is 14.4. The van der Waals surface area contributed by atoms with Crippen molar-refractivity contribution >= 4 is 11.3 Å². The highest BCUT2D eigenvalue weighted by molar-refractivity contribution is 7.11. The molecule has 0 atom stereocenters. The van der Waals surface area contributed by atoms with Gasteiger partial charge in [0.25, 0.3) is 0 Å². The van der Waals surface area contributed by atoms with E-state index in [0.717, 1.165) is 25.2 Å². The maximum atomic E-state index is 13.6. The van der Waals surface area contributed by atoms with E-state index in [-0.39, 0.29) is 5.82 Å². The lowest BCUT2D eigenvalue weighted by molar-refractivity contribution is 0.316. The van der Waals surface area contributed by atoms with Crippen LogP contribution < -0.4 is 5.32 Å². The Balaban J connectivity index is 1.89. The molecule has 0 saturated heterocycles. The van der Waals surface area contributed by atoms with Crippen molar-refractivity contribution in [2.75, 3.05) is 13.6 Å². The van der Waals surface area contributed by atoms with Gasteiger partial charge in [0.15, 0.2) is 0 Å². The number of rotatable bonds is 7. The van der Waals surface area contributed by atoms with Crippen molar-refractivity contribution in [3.8, 4) is 0 Å². The Kier molecular flexibility index (Phi) is 5.71. The summed E-state index contributed by atoms with van der Waals surface area (Å²) in [6.45, 7) is 5.51. The third-order valence-corrected chi connectivity index (χ3v) is 4.16. The molecule has 1 aromatic carbocycles. The molecule has 0 unspecified atom stereocenters. The van der Waals surface area contributed by atoms with E-state index in [9.17, 15) is 4.39 Å². The molecule has 0 bridgehead atoms. The molecule has 1 N–H and O–H groups in total. The second-order valence-corrected chi connectivity index (χ2v) is 6.16. The van der Waals surface area contributed by atoms with Crippen molar-refractivity contribution < 1.29 is 4.39 Å². The summed E-state index contributed by atoms with van der Waals surface area (Å²) in [7, 11) is 2.02. The fraction of sp³-hybridized carbons (Fsp3) is 0.375. The van der Waals surface area contributed by atoms with E-state index < -0.39 is 0 Å². The van der Waals surface area contributed by atoms with Gasteiger partial charge in [0.2, 0.25) is 0 Å². The number of nitrogens with one attached hydrogen (secondary N) is 1. The van der Waals surface area contributed by atoms with Gasteiger partial charge in [-0.25, -0.2) is 4.39 Å². The van der Waals surface area contributed by atoms with Crippen molar-refractivity contribution in [1.29, 1.82) is 0 Å². The van der Waals surface area contributed by atoms with Crippen LogP contribution >= 0.6 is 11.3 Å². The van der Waals surface area contributed by atoms with E-state index in [1.54, 1.807) is 6.07 Å². The number of hydrogen-bond donors (Lipinski definition) is 1. The first-order valence-electron chi connectivity index (χ1n) is 6.89. The lowest BCUT2D eigenvalue weighted by atomic mass is 10.2. The van der Waals surface area contributed by atoms with Crippen LogP contribution in [0.25, 0.3) is 0 Å². The number of benzene rings is 1. The minimum Gasteiger partial charge on any atom is -0.312 e. The van der Waals surface area contributed by atoms with Crippen LogP contribution in [0.5, 0.6) is 0 Å². The molecule has 1 heterocycles. The van der Waals surface area contributed by atoms with Crippen LogP contribution in [0.4, 0.5) is 4.39 Å². The average molecular weight is 292 g/mol. The molecule has 2 aromatic rings. The standard InChI is InChI=1S/C16H21FN2S/c1-3-18-10-14-8-9-15(20-14)12-19(2)11-13-6-4-5-7-16(13)17/h4-9,18H,3,10-12H2,1-2H3. The van der Waals surface area contributed by atoms with E-state index in [2.05, 4.69) is 29.3 Å². The van der Waals surface area contributed by atoms with Crippen molar-refractivity contribution in [2.45, 2.75) is 26.6 Å². The zero-order valence-electron chi connectivity index (χ0n) is 12.0. The van der Waals surface area contributed by atoms with E-state index in [0.29, 0.717) is 6.54 Å². The van der Waals surface area contributed by atoms with Crippen LogP contribution in [0, 0.1) is 5.82 Å². The maximum absolute atomic E-state index is 13.6. The van der Waals surface area contributed by atoms with E-state index in [4.69, 9.17) is 0 Å². The second kappa shape index (κ2) is 7.53. The van der Waals surface area contributed by atoms with E-state index >= 15 is 0 Å². The quantitative estimate of drug-likeness (QED) is 0.838. The van der Waals surface area contributed by atoms with Crippen molar-refractivity contribution in [2.24, 2.45) is 0 Å². The third kappa shape index (κ3) is 4.40. The molecule has 0 saturated carbocycles. The molecule has 1 aromatic heterocycles. The lowest BCUT2D eigenvalue weighted by Gasteiger charge is -2.16. The van der Waals surface area contributed by atoms with Crippen LogP contribution in [0.1, 0.15) is 22.2 Å². The Morgan fingerprint density at radius 1 is 1.10 bits per heavy atom. The average Bonchev–Trinajstić information content (AvgIpc) is 2.86. The van der Waals surface area contributed by atoms with Gasteiger partial charge in [0.05, 0.1) is 0 Å². The highest BCUT2D eigenvalue weighted by atomic mass is 32.1. The van der Waals surface area contributed by atoms with Gasteiger partial charge in [-0.2, -0.15) is 0 Å². The molecule has 0 aliphatic heterocycles. The van der Waals surface area contributed by atoms with Crippen molar-refractivity contribution in [3.05, 3.63) is 57.5 Å². The summed E-state index contributed by atoms with van der Waals surface area (Å²) in [4.78, 5) is 4.80. The predicted molar refractivity (Wildman–Crippen MR) is 83.3 cm³/mol. The predicted octanol–water partition coefficient (Wildman–Crippen LogP) is 3.63. The number of halogens is 1. The molecule has 0 amide bonds. The molecule has 0 aliphatic rings. The topological polar surface area (TPSA) is 15.3 Å². The minimum absolute atomic E-state index is 0.127. The first-order chi connectivity index (χ1) is 9.69. The number of thiophene rings is 1. The normalized spacial score (nSPS) is 11.2. The van der Waals surface area contributed by atoms with Gasteiger partial charge in [0, 0.05) is 35.0 Å². The fourth-order valence-electron chi connectivity index (χ4n) is 2.09. The summed E-state index contributed by atoms with van der Waals surface area (Å²) in [6, 6.07) is 11.3. The van der Waals surface area contributed by atoms with Gasteiger partial charge in [-0.1, -0.05) is 25.1 Å². The first kappa shape index (κ1) is 15.2. The number of hydrogen-bond acceptors (Lipinski definition) is 3. The Morgan fingerprint density at radius 3 is 2.60 bits per heavy atom. The van der Waals surface area contributed by atoms with Crippen LogP contribution in [-0.4, -0.2) is 18.5 Å². The van der Waals surface area contributed by atoms with Gasteiger partial charge in [-0.05, 0) is 31.8 Å². The Bertz CT molecular complexity index is 539. The molecule has 4 heteroatoms. The van der Waals surface area contributed by atoms with E-state index in [1.165, 1.54) is 15.8 Å². The van der Waals surface area contributed by atoms with Gasteiger partial charge in [-0.3, -0.25) is 4.90 Å². The summed E-state index contributed by atoms with van der Waals surface area (Å²) >= 11 is 1.82. The summed E-state index contributed by atoms with van der Waals surface area (Å²) in [5.74, 6) is -0.127. The van der Waals surface area contributed by atoms with Crippen molar-refractivity contribution in [3.63, 3.8) is 0 Å². The largest absolute Gasteiger partial charge is 0.312 e. The number of nitrogens with zero attached hydrogens (tertiary/aromatic N) is 1. The molecule has 2 nitrogen and oxygen atoms in total. The summed E-state index contributed by atoms with van der Waals surface area (Å²) in [5, 5.41) is 3.33. The smallest absolute Gasteiger partial charge is 0.127 e. The third-order valence-electron chi connectivity index (χ3n) is 3.09. The Morgan fingerprint density at radius 2 is 1.85 bits per heavy atom. The maximum Gasteiger partial charge on any atom is 0.127 e. The lowest BCUT2D eigenvalue weighted by Crippen LogP contribution is -2.17. The molecule has 108 valence electrons. The molecular formula is C16H21FN2S. The molecular weight excluding hydrogens is 271 g/mol. The minimum atomic E-state index is -0.127. The van der Waals surface area contributed by atoms with Crippen molar-refractivity contribution in [1.82, 2.24) is 10.2 Å². The molecule has 0 fully saturated rings. The highest BCUT2D eigenvalue weighted by Crippen LogP contribution is 2.19. The zero-order valence-corrected chi connectivity index (χ0v) is 12.8. The Labute approximate surface area is 124 Å². The second-order valence-electron chi connectivity index (χ2n) is 4.91. The van der Waals surface area contributed by atoms with Crippen LogP contribution in [0.3, 0.4) is 0 Å². The van der Waals surface area contributed by atoms with Crippen LogP contribution in [0.15, 0.2) is 36.4 Å². The van der Waals surface area contributed by atoms with E-state index in [1.807, 2.05) is 30.5 Å². The molecule has 0 aliphatic carbocycles. The first-order valence-corrected chi connectivity index (χ1v) is 7.71. The molecule has 2 rings (SSSR count). The SMILES string of the molecule is CCNCc1ccc(CN(C)Cc2ccccc2F)s1. The fourth-order valence-corrected chi connectivity index (χ4v) is 3.16. The monoisotopic (exact) mass is 292 g/mol. The summed E-state index contributed by atoms with van der Waals surface area (Å²) in [6.07, 6.45) is 0.